The number of benzene rings is 1. The van der Waals surface area contributed by atoms with Gasteiger partial charge in [-0.15, -0.1) is 0 Å². The van der Waals surface area contributed by atoms with Gasteiger partial charge in [-0.3, -0.25) is 18.9 Å². The number of fused-ring (bicyclic) bond motifs is 1. The van der Waals surface area contributed by atoms with Gasteiger partial charge < -0.3 is 15.2 Å². The predicted molar refractivity (Wildman–Crippen MR) is 138 cm³/mol. The fraction of sp³-hybridized carbons (Fsp3) is 0.250. The third-order valence-electron chi connectivity index (χ3n) is 5.40. The molecule has 8 nitrogen and oxygen atoms in total. The Balaban J connectivity index is 1.74. The lowest BCUT2D eigenvalue weighted by Gasteiger charge is -2.15. The van der Waals surface area contributed by atoms with Crippen molar-refractivity contribution >= 4 is 51.7 Å². The molecular weight excluding hydrogens is 472 g/mol. The van der Waals surface area contributed by atoms with E-state index in [1.165, 1.54) is 15.4 Å². The van der Waals surface area contributed by atoms with Crippen LogP contribution in [0.15, 0.2) is 58.4 Å². The van der Waals surface area contributed by atoms with Crippen molar-refractivity contribution in [1.29, 1.82) is 0 Å². The first-order valence-electron chi connectivity index (χ1n) is 10.6. The highest BCUT2D eigenvalue weighted by atomic mass is 32.2. The minimum Gasteiger partial charge on any atom is -0.387 e. The van der Waals surface area contributed by atoms with E-state index in [9.17, 15) is 14.7 Å². The van der Waals surface area contributed by atoms with Crippen molar-refractivity contribution in [1.82, 2.24) is 14.3 Å². The summed E-state index contributed by atoms with van der Waals surface area (Å²) in [6.45, 7) is 2.68. The number of carbonyl (C=O) groups is 1. The molecule has 3 heterocycles. The lowest BCUT2D eigenvalue weighted by atomic mass is 10.1. The Morgan fingerprint density at radius 1 is 1.24 bits per heavy atom. The van der Waals surface area contributed by atoms with Gasteiger partial charge in [-0.2, -0.15) is 0 Å². The van der Waals surface area contributed by atoms with Gasteiger partial charge in [-0.1, -0.05) is 60.4 Å². The number of thioether (sulfide) groups is 1. The number of aryl methyl sites for hydroxylation is 1. The maximum absolute atomic E-state index is 13.4. The fourth-order valence-electron chi connectivity index (χ4n) is 3.57. The summed E-state index contributed by atoms with van der Waals surface area (Å²) in [6, 6.07) is 12.9. The number of carbonyl (C=O) groups excluding carboxylic acids is 1. The smallest absolute Gasteiger partial charge is 0.267 e. The molecule has 1 fully saturated rings. The second kappa shape index (κ2) is 10.5. The van der Waals surface area contributed by atoms with E-state index in [2.05, 4.69) is 10.3 Å². The summed E-state index contributed by atoms with van der Waals surface area (Å²) < 4.78 is 6.92. The lowest BCUT2D eigenvalue weighted by molar-refractivity contribution is -0.122. The van der Waals surface area contributed by atoms with E-state index in [-0.39, 0.29) is 29.4 Å². The molecule has 0 saturated carbocycles. The number of hydrogen-bond acceptors (Lipinski definition) is 8. The van der Waals surface area contributed by atoms with Crippen LogP contribution >= 0.6 is 24.0 Å². The summed E-state index contributed by atoms with van der Waals surface area (Å²) in [6.07, 6.45) is 2.35. The highest BCUT2D eigenvalue weighted by Gasteiger charge is 2.32. The largest absolute Gasteiger partial charge is 0.387 e. The molecule has 1 atom stereocenters. The van der Waals surface area contributed by atoms with Gasteiger partial charge in [-0.05, 0) is 30.2 Å². The van der Waals surface area contributed by atoms with Crippen LogP contribution in [0.1, 0.15) is 22.8 Å². The molecule has 0 unspecified atom stereocenters. The van der Waals surface area contributed by atoms with Crippen molar-refractivity contribution in [2.75, 3.05) is 32.1 Å². The highest BCUT2D eigenvalue weighted by Crippen LogP contribution is 2.33. The molecule has 10 heteroatoms. The number of thiocarbonyl (C=S) groups is 1. The zero-order chi connectivity index (χ0) is 24.2. The molecule has 176 valence electrons. The number of rotatable bonds is 8. The van der Waals surface area contributed by atoms with E-state index in [1.807, 2.05) is 43.3 Å². The summed E-state index contributed by atoms with van der Waals surface area (Å²) in [7, 11) is 1.55. The molecule has 2 aromatic heterocycles. The number of aliphatic hydroxyl groups excluding tert-OH is 1. The highest BCUT2D eigenvalue weighted by molar-refractivity contribution is 8.26. The molecule has 1 aromatic carbocycles. The van der Waals surface area contributed by atoms with E-state index in [0.29, 0.717) is 28.0 Å². The number of methoxy groups -OCH3 is 1. The van der Waals surface area contributed by atoms with Crippen molar-refractivity contribution < 1.29 is 14.6 Å². The van der Waals surface area contributed by atoms with Crippen LogP contribution in [0.5, 0.6) is 0 Å². The molecule has 2 N–H and O–H groups in total. The molecule has 0 spiro atoms. The molecule has 1 aliphatic heterocycles. The monoisotopic (exact) mass is 496 g/mol. The van der Waals surface area contributed by atoms with Gasteiger partial charge in [-0.25, -0.2) is 4.98 Å². The van der Waals surface area contributed by atoms with Crippen LogP contribution in [0.25, 0.3) is 11.7 Å². The summed E-state index contributed by atoms with van der Waals surface area (Å²) in [5, 5.41) is 13.7. The average Bonchev–Trinajstić information content (AvgIpc) is 3.11. The number of aromatic nitrogens is 2. The first-order chi connectivity index (χ1) is 16.4. The average molecular weight is 497 g/mol. The summed E-state index contributed by atoms with van der Waals surface area (Å²) in [5.74, 6) is 0.00694. The minimum absolute atomic E-state index is 0.133. The number of ether oxygens (including phenoxy) is 1. The van der Waals surface area contributed by atoms with Crippen LogP contribution in [0.2, 0.25) is 0 Å². The van der Waals surface area contributed by atoms with Crippen LogP contribution in [-0.4, -0.2) is 56.4 Å². The van der Waals surface area contributed by atoms with Crippen molar-refractivity contribution in [3.05, 3.63) is 80.6 Å². The van der Waals surface area contributed by atoms with Crippen LogP contribution in [-0.2, 0) is 9.53 Å². The minimum atomic E-state index is -0.807. The van der Waals surface area contributed by atoms with E-state index >= 15 is 0 Å². The number of anilines is 1. The Bertz CT molecular complexity index is 1320. The van der Waals surface area contributed by atoms with Crippen molar-refractivity contribution in [2.45, 2.75) is 13.0 Å². The molecular formula is C24H24N4O4S2. The topological polar surface area (TPSA) is 96.2 Å². The van der Waals surface area contributed by atoms with Gasteiger partial charge in [0.15, 0.2) is 0 Å². The quantitative estimate of drug-likeness (QED) is 0.363. The van der Waals surface area contributed by atoms with Gasteiger partial charge in [0.2, 0.25) is 0 Å². The molecule has 4 rings (SSSR count). The Morgan fingerprint density at radius 2 is 2.00 bits per heavy atom. The second-order valence-corrected chi connectivity index (χ2v) is 9.37. The maximum atomic E-state index is 13.4. The first-order valence-corrected chi connectivity index (χ1v) is 11.9. The Morgan fingerprint density at radius 3 is 2.74 bits per heavy atom. The molecule has 1 saturated heterocycles. The van der Waals surface area contributed by atoms with Gasteiger partial charge in [0.25, 0.3) is 11.5 Å². The normalized spacial score (nSPS) is 16.0. The Hall–Kier alpha value is -3.05. The van der Waals surface area contributed by atoms with Gasteiger partial charge in [0.05, 0.1) is 29.7 Å². The van der Waals surface area contributed by atoms with Crippen molar-refractivity contribution in [3.63, 3.8) is 0 Å². The first kappa shape index (κ1) is 24.1. The zero-order valence-corrected chi connectivity index (χ0v) is 20.4. The van der Waals surface area contributed by atoms with Crippen LogP contribution in [0.3, 0.4) is 0 Å². The molecule has 1 amide bonds. The van der Waals surface area contributed by atoms with Gasteiger partial charge in [0, 0.05) is 19.9 Å². The SMILES string of the molecule is COCCN1C(=O)/C(=C/c2c(NC[C@@H](O)c3ccccc3)nc3c(C)cccn3c2=O)SC1=S. The third-order valence-corrected chi connectivity index (χ3v) is 6.78. The Kier molecular flexibility index (Phi) is 7.42. The van der Waals surface area contributed by atoms with Crippen LogP contribution < -0.4 is 10.9 Å². The molecule has 1 aliphatic rings. The fourth-order valence-corrected chi connectivity index (χ4v) is 4.86. The number of aliphatic hydroxyl groups is 1. The molecule has 34 heavy (non-hydrogen) atoms. The molecule has 0 bridgehead atoms. The second-order valence-electron chi connectivity index (χ2n) is 7.70. The van der Waals surface area contributed by atoms with Crippen LogP contribution in [0, 0.1) is 6.92 Å². The lowest BCUT2D eigenvalue weighted by Crippen LogP contribution is -2.31. The number of nitrogens with zero attached hydrogens (tertiary/aromatic N) is 3. The number of pyridine rings is 1. The van der Waals surface area contributed by atoms with E-state index in [0.717, 1.165) is 22.9 Å². The molecule has 0 radical (unpaired) electrons. The summed E-state index contributed by atoms with van der Waals surface area (Å²) in [4.78, 5) is 32.8. The standard InChI is InChI=1S/C24H24N4O4S2/c1-15-7-6-10-27-21(15)26-20(25-14-18(29)16-8-4-3-5-9-16)17(22(27)30)13-19-23(31)28(11-12-32-2)24(33)34-19/h3-10,13,18,25,29H,11-12,14H2,1-2H3/b19-13-/t18-/m1/s1. The summed E-state index contributed by atoms with van der Waals surface area (Å²) >= 11 is 6.48. The van der Waals surface area contributed by atoms with Crippen LogP contribution in [0.4, 0.5) is 5.82 Å². The molecule has 0 aliphatic carbocycles. The maximum Gasteiger partial charge on any atom is 0.267 e. The van der Waals surface area contributed by atoms with Crippen molar-refractivity contribution in [2.24, 2.45) is 0 Å². The zero-order valence-electron chi connectivity index (χ0n) is 18.7. The van der Waals surface area contributed by atoms with E-state index < -0.39 is 6.10 Å². The Labute approximate surface area is 206 Å². The number of hydrogen-bond donors (Lipinski definition) is 2. The number of amides is 1. The van der Waals surface area contributed by atoms with E-state index in [4.69, 9.17) is 17.0 Å². The molecule has 3 aromatic rings. The van der Waals surface area contributed by atoms with Crippen molar-refractivity contribution in [3.8, 4) is 0 Å². The van der Waals surface area contributed by atoms with Gasteiger partial charge in [0.1, 0.15) is 15.8 Å². The summed E-state index contributed by atoms with van der Waals surface area (Å²) in [5.41, 5.74) is 1.95. The van der Waals surface area contributed by atoms with Gasteiger partial charge >= 0.3 is 0 Å². The van der Waals surface area contributed by atoms with E-state index in [1.54, 1.807) is 19.4 Å². The predicted octanol–water partition coefficient (Wildman–Crippen LogP) is 3.00. The number of nitrogens with one attached hydrogen (secondary N) is 1. The third kappa shape index (κ3) is 4.90.